The molecule has 0 aromatic carbocycles. The second kappa shape index (κ2) is 2.79. The number of aryl methyl sites for hydroxylation is 1. The molecule has 1 heterocycles. The van der Waals surface area contributed by atoms with Crippen LogP contribution in [0.3, 0.4) is 0 Å². The quantitative estimate of drug-likeness (QED) is 0.552. The molecule has 0 atom stereocenters. The zero-order valence-electron chi connectivity index (χ0n) is 7.13. The Kier molecular flexibility index (Phi) is 2.00. The van der Waals surface area contributed by atoms with Gasteiger partial charge >= 0.3 is 0 Å². The molecule has 0 aliphatic rings. The van der Waals surface area contributed by atoms with Crippen LogP contribution in [0, 0.1) is 12.3 Å². The summed E-state index contributed by atoms with van der Waals surface area (Å²) in [6.07, 6.45) is 7.03. The Labute approximate surface area is 67.2 Å². The van der Waals surface area contributed by atoms with Crippen molar-refractivity contribution >= 4 is 0 Å². The van der Waals surface area contributed by atoms with E-state index < -0.39 is 0 Å². The van der Waals surface area contributed by atoms with Gasteiger partial charge in [-0.05, 0) is 5.92 Å². The first-order chi connectivity index (χ1) is 5.16. The SMILES string of the molecule is C#Cc1cnn(C)c1C(C)C. The molecule has 0 unspecified atom stereocenters. The standard InChI is InChI=1S/C9H12N2/c1-5-8-6-10-11(4)9(8)7(2)3/h1,6-7H,2-4H3. The van der Waals surface area contributed by atoms with Crippen LogP contribution >= 0.6 is 0 Å². The van der Waals surface area contributed by atoms with Crippen LogP contribution in [0.4, 0.5) is 0 Å². The number of terminal acetylenes is 1. The summed E-state index contributed by atoms with van der Waals surface area (Å²) < 4.78 is 1.83. The van der Waals surface area contributed by atoms with Gasteiger partial charge in [-0.25, -0.2) is 0 Å². The number of rotatable bonds is 1. The van der Waals surface area contributed by atoms with E-state index >= 15 is 0 Å². The summed E-state index contributed by atoms with van der Waals surface area (Å²) in [6, 6.07) is 0. The van der Waals surface area contributed by atoms with Crippen molar-refractivity contribution in [3.05, 3.63) is 17.5 Å². The van der Waals surface area contributed by atoms with Gasteiger partial charge in [0.15, 0.2) is 0 Å². The predicted octanol–water partition coefficient (Wildman–Crippen LogP) is 1.52. The Hall–Kier alpha value is -1.23. The average molecular weight is 148 g/mol. The normalized spacial score (nSPS) is 10.1. The van der Waals surface area contributed by atoms with Gasteiger partial charge in [-0.2, -0.15) is 5.10 Å². The van der Waals surface area contributed by atoms with Gasteiger partial charge in [-0.1, -0.05) is 19.8 Å². The molecular formula is C9H12N2. The van der Waals surface area contributed by atoms with Crippen molar-refractivity contribution in [2.24, 2.45) is 7.05 Å². The van der Waals surface area contributed by atoms with Crippen LogP contribution in [0.5, 0.6) is 0 Å². The van der Waals surface area contributed by atoms with Gasteiger partial charge < -0.3 is 0 Å². The first kappa shape index (κ1) is 7.87. The minimum Gasteiger partial charge on any atom is -0.271 e. The Morgan fingerprint density at radius 3 is 2.64 bits per heavy atom. The summed E-state index contributed by atoms with van der Waals surface area (Å²) in [4.78, 5) is 0. The van der Waals surface area contributed by atoms with Crippen LogP contribution < -0.4 is 0 Å². The predicted molar refractivity (Wildman–Crippen MR) is 45.2 cm³/mol. The number of aromatic nitrogens is 2. The van der Waals surface area contributed by atoms with Gasteiger partial charge in [0.05, 0.1) is 17.5 Å². The highest BCUT2D eigenvalue weighted by atomic mass is 15.3. The summed E-state index contributed by atoms with van der Waals surface area (Å²) in [5, 5.41) is 4.08. The van der Waals surface area contributed by atoms with Crippen molar-refractivity contribution in [1.29, 1.82) is 0 Å². The number of nitrogens with zero attached hydrogens (tertiary/aromatic N) is 2. The van der Waals surface area contributed by atoms with Crippen molar-refractivity contribution in [1.82, 2.24) is 9.78 Å². The van der Waals surface area contributed by atoms with Gasteiger partial charge in [-0.15, -0.1) is 6.42 Å². The maximum absolute atomic E-state index is 5.30. The first-order valence-electron chi connectivity index (χ1n) is 3.65. The van der Waals surface area contributed by atoms with E-state index in [1.165, 1.54) is 0 Å². The molecule has 58 valence electrons. The maximum atomic E-state index is 5.30. The topological polar surface area (TPSA) is 17.8 Å². The van der Waals surface area contributed by atoms with Gasteiger partial charge in [0.25, 0.3) is 0 Å². The molecule has 0 spiro atoms. The molecule has 0 amide bonds. The lowest BCUT2D eigenvalue weighted by atomic mass is 10.1. The monoisotopic (exact) mass is 148 g/mol. The summed E-state index contributed by atoms with van der Waals surface area (Å²) >= 11 is 0. The van der Waals surface area contributed by atoms with Crippen molar-refractivity contribution < 1.29 is 0 Å². The van der Waals surface area contributed by atoms with Crippen LogP contribution in [-0.4, -0.2) is 9.78 Å². The Morgan fingerprint density at radius 1 is 1.64 bits per heavy atom. The average Bonchev–Trinajstić information content (AvgIpc) is 2.30. The minimum absolute atomic E-state index is 0.438. The third kappa shape index (κ3) is 1.27. The molecule has 1 aromatic heterocycles. The Balaban J connectivity index is 3.21. The smallest absolute Gasteiger partial charge is 0.0657 e. The van der Waals surface area contributed by atoms with E-state index in [-0.39, 0.29) is 0 Å². The van der Waals surface area contributed by atoms with Gasteiger partial charge in [0, 0.05) is 7.05 Å². The zero-order valence-corrected chi connectivity index (χ0v) is 7.13. The number of hydrogen-bond donors (Lipinski definition) is 0. The highest BCUT2D eigenvalue weighted by molar-refractivity contribution is 5.35. The summed E-state index contributed by atoms with van der Waals surface area (Å²) in [5.41, 5.74) is 2.04. The molecule has 0 aliphatic heterocycles. The molecule has 0 saturated carbocycles. The van der Waals surface area contributed by atoms with Crippen LogP contribution in [-0.2, 0) is 7.05 Å². The third-order valence-corrected chi connectivity index (χ3v) is 1.69. The van der Waals surface area contributed by atoms with Crippen molar-refractivity contribution in [2.45, 2.75) is 19.8 Å². The lowest BCUT2D eigenvalue weighted by molar-refractivity contribution is 0.668. The first-order valence-corrected chi connectivity index (χ1v) is 3.65. The lowest BCUT2D eigenvalue weighted by Crippen LogP contribution is -2.01. The van der Waals surface area contributed by atoms with E-state index in [0.29, 0.717) is 5.92 Å². The van der Waals surface area contributed by atoms with Crippen LogP contribution in [0.15, 0.2) is 6.20 Å². The molecule has 0 saturated heterocycles. The zero-order chi connectivity index (χ0) is 8.43. The molecule has 0 bridgehead atoms. The fraction of sp³-hybridized carbons (Fsp3) is 0.444. The fourth-order valence-electron chi connectivity index (χ4n) is 1.24. The Morgan fingerprint density at radius 2 is 2.27 bits per heavy atom. The second-order valence-corrected chi connectivity index (χ2v) is 2.87. The van der Waals surface area contributed by atoms with Gasteiger partial charge in [0.2, 0.25) is 0 Å². The minimum atomic E-state index is 0.438. The molecule has 0 aliphatic carbocycles. The summed E-state index contributed by atoms with van der Waals surface area (Å²) in [7, 11) is 1.91. The molecule has 0 N–H and O–H groups in total. The number of hydrogen-bond acceptors (Lipinski definition) is 1. The third-order valence-electron chi connectivity index (χ3n) is 1.69. The van der Waals surface area contributed by atoms with Gasteiger partial charge in [-0.3, -0.25) is 4.68 Å². The second-order valence-electron chi connectivity index (χ2n) is 2.87. The highest BCUT2D eigenvalue weighted by Gasteiger charge is 2.09. The molecule has 2 heteroatoms. The molecule has 11 heavy (non-hydrogen) atoms. The summed E-state index contributed by atoms with van der Waals surface area (Å²) in [5.74, 6) is 3.05. The molecular weight excluding hydrogens is 136 g/mol. The summed E-state index contributed by atoms with van der Waals surface area (Å²) in [6.45, 7) is 4.22. The van der Waals surface area contributed by atoms with Crippen LogP contribution in [0.2, 0.25) is 0 Å². The maximum Gasteiger partial charge on any atom is 0.0657 e. The fourth-order valence-corrected chi connectivity index (χ4v) is 1.24. The molecule has 1 rings (SSSR count). The largest absolute Gasteiger partial charge is 0.271 e. The Bertz CT molecular complexity index is 289. The van der Waals surface area contributed by atoms with E-state index in [1.807, 2.05) is 11.7 Å². The van der Waals surface area contributed by atoms with Crippen LogP contribution in [0.1, 0.15) is 31.0 Å². The van der Waals surface area contributed by atoms with E-state index in [2.05, 4.69) is 24.9 Å². The highest BCUT2D eigenvalue weighted by Crippen LogP contribution is 2.16. The lowest BCUT2D eigenvalue weighted by Gasteiger charge is -2.05. The van der Waals surface area contributed by atoms with E-state index in [4.69, 9.17) is 6.42 Å². The van der Waals surface area contributed by atoms with E-state index in [9.17, 15) is 0 Å². The van der Waals surface area contributed by atoms with Crippen LogP contribution in [0.25, 0.3) is 0 Å². The van der Waals surface area contributed by atoms with Gasteiger partial charge in [0.1, 0.15) is 0 Å². The van der Waals surface area contributed by atoms with E-state index in [1.54, 1.807) is 6.20 Å². The van der Waals surface area contributed by atoms with Crippen molar-refractivity contribution in [3.8, 4) is 12.3 Å². The molecule has 2 nitrogen and oxygen atoms in total. The molecule has 1 aromatic rings. The molecule has 0 radical (unpaired) electrons. The van der Waals surface area contributed by atoms with Crippen molar-refractivity contribution in [3.63, 3.8) is 0 Å². The van der Waals surface area contributed by atoms with E-state index in [0.717, 1.165) is 11.3 Å². The van der Waals surface area contributed by atoms with Crippen molar-refractivity contribution in [2.75, 3.05) is 0 Å². The molecule has 0 fully saturated rings.